The predicted octanol–water partition coefficient (Wildman–Crippen LogP) is 13.3. The van der Waals surface area contributed by atoms with Crippen LogP contribution in [0.1, 0.15) is 23.6 Å². The molecule has 3 aromatic heterocycles. The molecule has 0 spiro atoms. The number of aromatic nitrogens is 1. The van der Waals surface area contributed by atoms with E-state index in [1.54, 1.807) is 0 Å². The van der Waals surface area contributed by atoms with Crippen molar-refractivity contribution in [2.45, 2.75) is 13.3 Å². The van der Waals surface area contributed by atoms with E-state index in [4.69, 9.17) is 4.42 Å². The zero-order chi connectivity index (χ0) is 32.7. The van der Waals surface area contributed by atoms with Gasteiger partial charge in [0.15, 0.2) is 5.58 Å². The van der Waals surface area contributed by atoms with Gasteiger partial charge < -0.3 is 8.98 Å². The van der Waals surface area contributed by atoms with Crippen LogP contribution in [0, 0.1) is 5.92 Å². The normalized spacial score (nSPS) is 15.1. The van der Waals surface area contributed by atoms with Gasteiger partial charge in [-0.3, -0.25) is 0 Å². The third kappa shape index (κ3) is 3.38. The number of thiophene rings is 1. The number of allylic oxidation sites excluding steroid dienone is 1. The molecule has 7 aromatic carbocycles. The van der Waals surface area contributed by atoms with E-state index in [1.165, 1.54) is 91.8 Å². The summed E-state index contributed by atoms with van der Waals surface area (Å²) in [6, 6.07) is 49.1. The maximum atomic E-state index is 6.86. The molecule has 0 radical (unpaired) electrons. The lowest BCUT2D eigenvalue weighted by Crippen LogP contribution is -2.08. The van der Waals surface area contributed by atoms with E-state index >= 15 is 0 Å². The highest BCUT2D eigenvalue weighted by Gasteiger charge is 2.31. The fourth-order valence-corrected chi connectivity index (χ4v) is 10.5. The Morgan fingerprint density at radius 1 is 0.620 bits per heavy atom. The monoisotopic (exact) mass is 655 g/mol. The molecule has 0 amide bonds. The van der Waals surface area contributed by atoms with Gasteiger partial charge in [-0.15, -0.1) is 11.3 Å². The molecule has 12 rings (SSSR count). The Bertz CT molecular complexity index is 3130. The first kappa shape index (κ1) is 27.0. The summed E-state index contributed by atoms with van der Waals surface area (Å²) in [7, 11) is 0. The minimum absolute atomic E-state index is 0.491. The lowest BCUT2D eigenvalue weighted by atomic mass is 9.81. The Kier molecular flexibility index (Phi) is 5.19. The van der Waals surface area contributed by atoms with Crippen LogP contribution in [0.5, 0.6) is 0 Å². The quantitative estimate of drug-likeness (QED) is 0.181. The SMILES string of the molecule is CC1C=C2c3ccccc3-c3ccc(-c4ccc(-n5c6ccccc6c6c7c8ccccc8sc7c7c8ccccc8oc7c65)cc4)c(c32)C1. The van der Waals surface area contributed by atoms with Crippen LogP contribution in [0.4, 0.5) is 0 Å². The second-order valence-corrected chi connectivity index (χ2v) is 15.1. The molecule has 3 heteroatoms. The molecule has 2 nitrogen and oxygen atoms in total. The molecule has 234 valence electrons. The summed E-state index contributed by atoms with van der Waals surface area (Å²) in [6.45, 7) is 2.35. The van der Waals surface area contributed by atoms with Crippen LogP contribution < -0.4 is 0 Å². The summed E-state index contributed by atoms with van der Waals surface area (Å²) in [5.41, 5.74) is 16.4. The van der Waals surface area contributed by atoms with Crippen LogP contribution in [0.2, 0.25) is 0 Å². The maximum Gasteiger partial charge on any atom is 0.161 e. The number of fused-ring (bicyclic) bond motifs is 15. The predicted molar refractivity (Wildman–Crippen MR) is 212 cm³/mol. The fraction of sp³-hybridized carbons (Fsp3) is 0.0638. The minimum atomic E-state index is 0.491. The van der Waals surface area contributed by atoms with E-state index < -0.39 is 0 Å². The molecule has 0 bridgehead atoms. The molecule has 1 unspecified atom stereocenters. The Balaban J connectivity index is 1.13. The van der Waals surface area contributed by atoms with Crippen molar-refractivity contribution in [2.75, 3.05) is 0 Å². The molecular formula is C47H29NOS. The highest BCUT2D eigenvalue weighted by molar-refractivity contribution is 7.27. The zero-order valence-electron chi connectivity index (χ0n) is 27.3. The van der Waals surface area contributed by atoms with Gasteiger partial charge in [-0.05, 0) is 87.2 Å². The lowest BCUT2D eigenvalue weighted by molar-refractivity contribution is 0.671. The molecule has 50 heavy (non-hydrogen) atoms. The van der Waals surface area contributed by atoms with Crippen molar-refractivity contribution in [1.82, 2.24) is 4.57 Å². The van der Waals surface area contributed by atoms with Gasteiger partial charge in [-0.2, -0.15) is 0 Å². The first-order valence-corrected chi connectivity index (χ1v) is 18.3. The molecule has 1 atom stereocenters. The highest BCUT2D eigenvalue weighted by Crippen LogP contribution is 2.52. The van der Waals surface area contributed by atoms with Gasteiger partial charge in [0.25, 0.3) is 0 Å². The second kappa shape index (κ2) is 9.62. The molecule has 0 N–H and O–H groups in total. The van der Waals surface area contributed by atoms with E-state index in [9.17, 15) is 0 Å². The van der Waals surface area contributed by atoms with Crippen molar-refractivity contribution in [2.24, 2.45) is 5.92 Å². The average molecular weight is 656 g/mol. The third-order valence-electron chi connectivity index (χ3n) is 11.3. The van der Waals surface area contributed by atoms with Gasteiger partial charge in [0, 0.05) is 47.4 Å². The van der Waals surface area contributed by atoms with Crippen molar-refractivity contribution >= 4 is 80.8 Å². The molecule has 0 saturated carbocycles. The van der Waals surface area contributed by atoms with Crippen LogP contribution in [0.3, 0.4) is 0 Å². The number of nitrogens with zero attached hydrogens (tertiary/aromatic N) is 1. The van der Waals surface area contributed by atoms with Crippen molar-refractivity contribution < 1.29 is 4.42 Å². The lowest BCUT2D eigenvalue weighted by Gasteiger charge is -2.23. The zero-order valence-corrected chi connectivity index (χ0v) is 28.1. The maximum absolute atomic E-state index is 6.86. The molecule has 0 saturated heterocycles. The van der Waals surface area contributed by atoms with Crippen LogP contribution >= 0.6 is 11.3 Å². The van der Waals surface area contributed by atoms with E-state index in [0.29, 0.717) is 5.92 Å². The first-order chi connectivity index (χ1) is 24.7. The summed E-state index contributed by atoms with van der Waals surface area (Å²) in [6.07, 6.45) is 3.54. The van der Waals surface area contributed by atoms with Gasteiger partial charge in [0.1, 0.15) is 5.58 Å². The number of hydrogen-bond donors (Lipinski definition) is 0. The Morgan fingerprint density at radius 2 is 1.34 bits per heavy atom. The van der Waals surface area contributed by atoms with Gasteiger partial charge in [-0.1, -0.05) is 116 Å². The van der Waals surface area contributed by atoms with Crippen molar-refractivity contribution in [1.29, 1.82) is 0 Å². The number of para-hydroxylation sites is 2. The van der Waals surface area contributed by atoms with Crippen molar-refractivity contribution in [3.63, 3.8) is 0 Å². The molecule has 10 aromatic rings. The minimum Gasteiger partial charge on any atom is -0.454 e. The topological polar surface area (TPSA) is 18.1 Å². The van der Waals surface area contributed by atoms with E-state index in [1.807, 2.05) is 11.3 Å². The Hall–Kier alpha value is -5.90. The van der Waals surface area contributed by atoms with Crippen LogP contribution in [0.15, 0.2) is 144 Å². The fourth-order valence-electron chi connectivity index (χ4n) is 9.26. The van der Waals surface area contributed by atoms with Gasteiger partial charge in [0.2, 0.25) is 0 Å². The number of furan rings is 1. The van der Waals surface area contributed by atoms with Crippen LogP contribution in [0.25, 0.3) is 97.4 Å². The molecular weight excluding hydrogens is 627 g/mol. The molecule has 3 heterocycles. The summed E-state index contributed by atoms with van der Waals surface area (Å²) in [5.74, 6) is 0.491. The Morgan fingerprint density at radius 3 is 2.22 bits per heavy atom. The summed E-state index contributed by atoms with van der Waals surface area (Å²) < 4.78 is 11.9. The number of benzene rings is 7. The van der Waals surface area contributed by atoms with Gasteiger partial charge in [0.05, 0.1) is 11.0 Å². The second-order valence-electron chi connectivity index (χ2n) is 14.0. The third-order valence-corrected chi connectivity index (χ3v) is 12.4. The smallest absolute Gasteiger partial charge is 0.161 e. The molecule has 2 aliphatic carbocycles. The van der Waals surface area contributed by atoms with Crippen LogP contribution in [-0.4, -0.2) is 4.57 Å². The summed E-state index contributed by atoms with van der Waals surface area (Å²) in [4.78, 5) is 0. The van der Waals surface area contributed by atoms with E-state index in [-0.39, 0.29) is 0 Å². The molecule has 0 fully saturated rings. The van der Waals surface area contributed by atoms with Crippen molar-refractivity contribution in [3.05, 3.63) is 156 Å². The van der Waals surface area contributed by atoms with Crippen LogP contribution in [-0.2, 0) is 6.42 Å². The van der Waals surface area contributed by atoms with E-state index in [0.717, 1.165) is 28.8 Å². The van der Waals surface area contributed by atoms with E-state index in [2.05, 4.69) is 151 Å². The van der Waals surface area contributed by atoms with Gasteiger partial charge in [-0.25, -0.2) is 0 Å². The Labute approximate surface area is 292 Å². The highest BCUT2D eigenvalue weighted by atomic mass is 32.1. The van der Waals surface area contributed by atoms with Crippen molar-refractivity contribution in [3.8, 4) is 27.9 Å². The molecule has 0 aliphatic heterocycles. The average Bonchev–Trinajstić information content (AvgIpc) is 3.90. The summed E-state index contributed by atoms with van der Waals surface area (Å²) >= 11 is 1.88. The largest absolute Gasteiger partial charge is 0.454 e. The summed E-state index contributed by atoms with van der Waals surface area (Å²) in [5, 5.41) is 7.52. The van der Waals surface area contributed by atoms with Gasteiger partial charge >= 0.3 is 0 Å². The molecule has 2 aliphatic rings. The number of rotatable bonds is 2. The standard InChI is InChI=1S/C47H29NOS/c1-26-24-36-29(22-23-32-30-10-2-3-11-31(30)37(25-26)41(32)36)27-18-20-28(21-19-27)48-38-15-7-4-12-33(38)42-43-35-14-6-9-17-40(35)50-47(43)44-34-13-5-8-16-39(34)49-46(44)45(42)48/h2-23,25-26H,24H2,1H3. The number of hydrogen-bond acceptors (Lipinski definition) is 2. The first-order valence-electron chi connectivity index (χ1n) is 17.5.